The maximum atomic E-state index is 9.59. The SMILES string of the molecule is CCC(N)=O.OCC1CO1. The summed E-state index contributed by atoms with van der Waals surface area (Å²) in [5, 5.41) is 8.08. The number of carbonyl (C=O) groups is 1. The van der Waals surface area contributed by atoms with Gasteiger partial charge in [0.25, 0.3) is 0 Å². The number of hydrogen-bond acceptors (Lipinski definition) is 3. The fourth-order valence-corrected chi connectivity index (χ4v) is 0.173. The van der Waals surface area contributed by atoms with Gasteiger partial charge >= 0.3 is 0 Å². The van der Waals surface area contributed by atoms with Gasteiger partial charge < -0.3 is 15.6 Å². The average Bonchev–Trinajstić information content (AvgIpc) is 2.70. The third kappa shape index (κ3) is 7.39. The third-order valence-electron chi connectivity index (χ3n) is 0.954. The van der Waals surface area contributed by atoms with Crippen LogP contribution in [0.25, 0.3) is 0 Å². The van der Waals surface area contributed by atoms with E-state index in [1.807, 2.05) is 0 Å². The Labute approximate surface area is 60.0 Å². The van der Waals surface area contributed by atoms with Gasteiger partial charge in [-0.05, 0) is 0 Å². The molecule has 0 saturated carbocycles. The summed E-state index contributed by atoms with van der Waals surface area (Å²) >= 11 is 0. The molecule has 3 N–H and O–H groups in total. The van der Waals surface area contributed by atoms with Crippen molar-refractivity contribution in [3.05, 3.63) is 0 Å². The first kappa shape index (κ1) is 9.39. The summed E-state index contributed by atoms with van der Waals surface area (Å²) in [7, 11) is 0. The van der Waals surface area contributed by atoms with Crippen LogP contribution in [0.3, 0.4) is 0 Å². The van der Waals surface area contributed by atoms with Crippen molar-refractivity contribution in [3.63, 3.8) is 0 Å². The third-order valence-corrected chi connectivity index (χ3v) is 0.954. The van der Waals surface area contributed by atoms with Crippen LogP contribution in [0, 0.1) is 0 Å². The number of primary amides is 1. The Morgan fingerprint density at radius 3 is 2.30 bits per heavy atom. The minimum atomic E-state index is -0.245. The molecule has 1 aliphatic heterocycles. The zero-order valence-electron chi connectivity index (χ0n) is 6.04. The Morgan fingerprint density at radius 2 is 2.30 bits per heavy atom. The number of aliphatic hydroxyl groups excluding tert-OH is 1. The van der Waals surface area contributed by atoms with Crippen molar-refractivity contribution in [1.29, 1.82) is 0 Å². The molecule has 0 aliphatic carbocycles. The van der Waals surface area contributed by atoms with Crippen molar-refractivity contribution in [2.45, 2.75) is 19.4 Å². The van der Waals surface area contributed by atoms with E-state index in [0.29, 0.717) is 6.42 Å². The largest absolute Gasteiger partial charge is 0.394 e. The maximum Gasteiger partial charge on any atom is 0.217 e. The Bertz CT molecular complexity index is 101. The van der Waals surface area contributed by atoms with Crippen molar-refractivity contribution in [2.75, 3.05) is 13.2 Å². The quantitative estimate of drug-likeness (QED) is 0.505. The molecular weight excluding hydrogens is 134 g/mol. The van der Waals surface area contributed by atoms with E-state index < -0.39 is 0 Å². The number of hydrogen-bond donors (Lipinski definition) is 2. The zero-order chi connectivity index (χ0) is 7.98. The fourth-order valence-electron chi connectivity index (χ4n) is 0.173. The Kier molecular flexibility index (Phi) is 4.88. The van der Waals surface area contributed by atoms with E-state index in [1.165, 1.54) is 0 Å². The number of ether oxygens (including phenoxy) is 1. The van der Waals surface area contributed by atoms with Gasteiger partial charge in [-0.3, -0.25) is 4.79 Å². The van der Waals surface area contributed by atoms with Gasteiger partial charge in [-0.15, -0.1) is 0 Å². The first-order valence-corrected chi connectivity index (χ1v) is 3.21. The molecule has 60 valence electrons. The van der Waals surface area contributed by atoms with E-state index in [0.717, 1.165) is 6.61 Å². The standard InChI is InChI=1S/C3H7NO.C3H6O2/c1-2-3(4)5;4-1-3-2-5-3/h2H2,1H3,(H2,4,5);3-4H,1-2H2. The molecule has 1 unspecified atom stereocenters. The van der Waals surface area contributed by atoms with Crippen molar-refractivity contribution >= 4 is 5.91 Å². The Balaban J connectivity index is 0.000000162. The van der Waals surface area contributed by atoms with Crippen LogP contribution in [0.15, 0.2) is 0 Å². The lowest BCUT2D eigenvalue weighted by Crippen LogP contribution is -2.06. The molecule has 0 spiro atoms. The average molecular weight is 147 g/mol. The molecule has 1 saturated heterocycles. The summed E-state index contributed by atoms with van der Waals surface area (Å²) in [5.41, 5.74) is 4.65. The van der Waals surface area contributed by atoms with E-state index in [9.17, 15) is 4.79 Å². The van der Waals surface area contributed by atoms with Crippen molar-refractivity contribution in [2.24, 2.45) is 5.73 Å². The van der Waals surface area contributed by atoms with Crippen LogP contribution in [0.5, 0.6) is 0 Å². The van der Waals surface area contributed by atoms with Crippen LogP contribution in [0.1, 0.15) is 13.3 Å². The predicted octanol–water partition coefficient (Wildman–Crippen LogP) is -0.741. The molecule has 0 aromatic carbocycles. The van der Waals surface area contributed by atoms with Crippen molar-refractivity contribution in [1.82, 2.24) is 0 Å². The molecule has 0 bridgehead atoms. The molecular formula is C6H13NO3. The minimum Gasteiger partial charge on any atom is -0.394 e. The molecule has 0 aromatic heterocycles. The second kappa shape index (κ2) is 5.20. The second-order valence-corrected chi connectivity index (χ2v) is 1.96. The molecule has 1 atom stereocenters. The van der Waals surface area contributed by atoms with E-state index in [-0.39, 0.29) is 18.6 Å². The number of epoxide rings is 1. The molecule has 4 nitrogen and oxygen atoms in total. The van der Waals surface area contributed by atoms with Gasteiger partial charge in [0.1, 0.15) is 6.10 Å². The molecule has 1 heterocycles. The monoisotopic (exact) mass is 147 g/mol. The van der Waals surface area contributed by atoms with Gasteiger partial charge in [0.2, 0.25) is 5.91 Å². The summed E-state index contributed by atoms with van der Waals surface area (Å²) in [6.45, 7) is 2.68. The fraction of sp³-hybridized carbons (Fsp3) is 0.833. The Hall–Kier alpha value is -0.610. The van der Waals surface area contributed by atoms with Crippen molar-refractivity contribution < 1.29 is 14.6 Å². The topological polar surface area (TPSA) is 75.9 Å². The maximum absolute atomic E-state index is 9.59. The normalized spacial score (nSPS) is 20.8. The first-order chi connectivity index (χ1) is 4.70. The van der Waals surface area contributed by atoms with Gasteiger partial charge in [-0.2, -0.15) is 0 Å². The highest BCUT2D eigenvalue weighted by Gasteiger charge is 2.19. The van der Waals surface area contributed by atoms with Crippen LogP contribution < -0.4 is 5.73 Å². The smallest absolute Gasteiger partial charge is 0.217 e. The van der Waals surface area contributed by atoms with E-state index in [2.05, 4.69) is 10.5 Å². The van der Waals surface area contributed by atoms with Crippen LogP contribution in [0.4, 0.5) is 0 Å². The van der Waals surface area contributed by atoms with Crippen LogP contribution in [-0.4, -0.2) is 30.3 Å². The zero-order valence-corrected chi connectivity index (χ0v) is 6.04. The number of carbonyl (C=O) groups excluding carboxylic acids is 1. The first-order valence-electron chi connectivity index (χ1n) is 3.21. The molecule has 0 radical (unpaired) electrons. The summed E-state index contributed by atoms with van der Waals surface area (Å²) in [6.07, 6.45) is 0.634. The van der Waals surface area contributed by atoms with Gasteiger partial charge in [0.15, 0.2) is 0 Å². The van der Waals surface area contributed by atoms with Crippen molar-refractivity contribution in [3.8, 4) is 0 Å². The van der Waals surface area contributed by atoms with Gasteiger partial charge in [0, 0.05) is 6.42 Å². The van der Waals surface area contributed by atoms with Gasteiger partial charge in [0.05, 0.1) is 13.2 Å². The molecule has 4 heteroatoms. The minimum absolute atomic E-state index is 0.190. The predicted molar refractivity (Wildman–Crippen MR) is 36.3 cm³/mol. The number of amides is 1. The lowest BCUT2D eigenvalue weighted by atomic mass is 10.5. The lowest BCUT2D eigenvalue weighted by molar-refractivity contribution is -0.117. The highest BCUT2D eigenvalue weighted by molar-refractivity contribution is 5.73. The summed E-state index contributed by atoms with van der Waals surface area (Å²) in [4.78, 5) is 9.59. The molecule has 1 amide bonds. The summed E-state index contributed by atoms with van der Waals surface area (Å²) in [5.74, 6) is -0.245. The highest BCUT2D eigenvalue weighted by atomic mass is 16.6. The number of aliphatic hydroxyl groups is 1. The summed E-state index contributed by atoms with van der Waals surface area (Å²) in [6, 6.07) is 0. The van der Waals surface area contributed by atoms with E-state index >= 15 is 0 Å². The molecule has 1 aliphatic rings. The number of nitrogens with two attached hydrogens (primary N) is 1. The molecule has 10 heavy (non-hydrogen) atoms. The highest BCUT2D eigenvalue weighted by Crippen LogP contribution is 2.04. The van der Waals surface area contributed by atoms with E-state index in [1.54, 1.807) is 6.92 Å². The lowest BCUT2D eigenvalue weighted by Gasteiger charge is -1.73. The number of rotatable bonds is 2. The van der Waals surface area contributed by atoms with E-state index in [4.69, 9.17) is 5.11 Å². The second-order valence-electron chi connectivity index (χ2n) is 1.96. The summed E-state index contributed by atoms with van der Waals surface area (Å²) < 4.78 is 4.61. The molecule has 0 aromatic rings. The van der Waals surface area contributed by atoms with Gasteiger partial charge in [-0.25, -0.2) is 0 Å². The van der Waals surface area contributed by atoms with Crippen LogP contribution in [0.2, 0.25) is 0 Å². The van der Waals surface area contributed by atoms with Crippen LogP contribution >= 0.6 is 0 Å². The molecule has 1 rings (SSSR count). The Morgan fingerprint density at radius 1 is 1.90 bits per heavy atom. The van der Waals surface area contributed by atoms with Crippen LogP contribution in [-0.2, 0) is 9.53 Å². The van der Waals surface area contributed by atoms with Gasteiger partial charge in [-0.1, -0.05) is 6.92 Å². The molecule has 1 fully saturated rings.